The first-order valence-corrected chi connectivity index (χ1v) is 18.7. The number of fused-ring (bicyclic) bond motifs is 3. The molecule has 13 heteroatoms. The number of nitrogens with one attached hydrogen (secondary N) is 3. The summed E-state index contributed by atoms with van der Waals surface area (Å²) >= 11 is 0. The third-order valence-electron chi connectivity index (χ3n) is 11.8. The number of aromatic amines is 1. The number of piperidine rings is 3. The van der Waals surface area contributed by atoms with Crippen LogP contribution in [-0.4, -0.2) is 75.0 Å². The van der Waals surface area contributed by atoms with Gasteiger partial charge in [0.2, 0.25) is 11.8 Å². The standard InChI is InChI=1S/C39H43N9O4/c40-37(50)36-38(44-31(21-42-36)48-14-2-1-3-15-48)43-25-6-4-22(5-7-25)23-11-16-47(17-12-23)26-18-24(19-26)29-20-30-33(27-10-13-41-34(27)29)35(46-52-30)28-8-9-32(49)45-39(28)51/h4-7,10,13,20-21,23-24,26,28,41H,1-3,8-9,11-12,14-19H2,(H2,40,50)(H,43,44)(H,45,49,51). The lowest BCUT2D eigenvalue weighted by Gasteiger charge is -2.46. The van der Waals surface area contributed by atoms with E-state index < -0.39 is 11.8 Å². The Morgan fingerprint density at radius 2 is 1.75 bits per heavy atom. The van der Waals surface area contributed by atoms with Gasteiger partial charge in [-0.2, -0.15) is 0 Å². The SMILES string of the molecule is NC(=O)c1ncc(N2CCCCC2)nc1Nc1ccc(C2CCN(C3CC(c4cc5onc(C6CCC(=O)NC6=O)c5c5cc[nH]c45)C3)CC2)cc1. The Morgan fingerprint density at radius 1 is 0.962 bits per heavy atom. The second-order valence-electron chi connectivity index (χ2n) is 14.9. The molecule has 2 aromatic carbocycles. The number of rotatable bonds is 8. The van der Waals surface area contributed by atoms with Gasteiger partial charge in [-0.1, -0.05) is 17.3 Å². The average Bonchev–Trinajstić information content (AvgIpc) is 3.80. The Kier molecular flexibility index (Phi) is 8.37. The molecule has 1 unspecified atom stereocenters. The number of hydrogen-bond acceptors (Lipinski definition) is 10. The van der Waals surface area contributed by atoms with Crippen LogP contribution in [0.2, 0.25) is 0 Å². The number of amides is 3. The molecule has 0 radical (unpaired) electrons. The van der Waals surface area contributed by atoms with Gasteiger partial charge in [0.25, 0.3) is 5.91 Å². The van der Waals surface area contributed by atoms with E-state index in [4.69, 9.17) is 15.2 Å². The molecule has 5 N–H and O–H groups in total. The van der Waals surface area contributed by atoms with Crippen LogP contribution in [0.1, 0.15) is 103 Å². The van der Waals surface area contributed by atoms with Crippen LogP contribution in [0.3, 0.4) is 0 Å². The highest BCUT2D eigenvalue weighted by Gasteiger charge is 2.39. The van der Waals surface area contributed by atoms with Gasteiger partial charge in [-0.3, -0.25) is 19.7 Å². The van der Waals surface area contributed by atoms with Crippen LogP contribution in [0, 0.1) is 0 Å². The minimum atomic E-state index is -0.601. The molecule has 4 aliphatic rings. The number of benzene rings is 2. The minimum absolute atomic E-state index is 0.144. The van der Waals surface area contributed by atoms with Gasteiger partial charge in [0.1, 0.15) is 11.5 Å². The highest BCUT2D eigenvalue weighted by atomic mass is 16.5. The average molecular weight is 702 g/mol. The Hall–Kier alpha value is -5.30. The van der Waals surface area contributed by atoms with Crippen LogP contribution in [0.5, 0.6) is 0 Å². The van der Waals surface area contributed by atoms with Crippen molar-refractivity contribution in [2.45, 2.75) is 81.6 Å². The van der Waals surface area contributed by atoms with Gasteiger partial charge in [-0.25, -0.2) is 9.97 Å². The zero-order valence-corrected chi connectivity index (χ0v) is 29.1. The van der Waals surface area contributed by atoms with E-state index >= 15 is 0 Å². The van der Waals surface area contributed by atoms with Crippen molar-refractivity contribution < 1.29 is 18.9 Å². The third-order valence-corrected chi connectivity index (χ3v) is 11.8. The summed E-state index contributed by atoms with van der Waals surface area (Å²) in [5, 5.41) is 12.0. The first-order chi connectivity index (χ1) is 25.4. The minimum Gasteiger partial charge on any atom is -0.364 e. The van der Waals surface area contributed by atoms with Gasteiger partial charge in [-0.05, 0) is 112 Å². The topological polar surface area (TPSA) is 175 Å². The monoisotopic (exact) mass is 701 g/mol. The van der Waals surface area contributed by atoms with Gasteiger partial charge >= 0.3 is 0 Å². The van der Waals surface area contributed by atoms with Gasteiger partial charge in [0.05, 0.1) is 17.5 Å². The molecule has 268 valence electrons. The quantitative estimate of drug-likeness (QED) is 0.150. The van der Waals surface area contributed by atoms with Gasteiger partial charge in [0.15, 0.2) is 17.1 Å². The summed E-state index contributed by atoms with van der Waals surface area (Å²) in [5.41, 5.74) is 11.6. The van der Waals surface area contributed by atoms with E-state index in [9.17, 15) is 14.4 Å². The molecule has 9 rings (SSSR count). The molecule has 13 nitrogen and oxygen atoms in total. The summed E-state index contributed by atoms with van der Waals surface area (Å²) in [6, 6.07) is 13.2. The number of carbonyl (C=O) groups excluding carboxylic acids is 3. The number of H-pyrrole nitrogens is 1. The number of likely N-dealkylation sites (tertiary alicyclic amines) is 1. The van der Waals surface area contributed by atoms with Crippen molar-refractivity contribution >= 4 is 56.9 Å². The van der Waals surface area contributed by atoms with Crippen molar-refractivity contribution in [3.63, 3.8) is 0 Å². The van der Waals surface area contributed by atoms with Crippen LogP contribution in [0.4, 0.5) is 17.3 Å². The lowest BCUT2D eigenvalue weighted by molar-refractivity contribution is -0.134. The molecule has 3 aromatic heterocycles. The molecule has 0 spiro atoms. The summed E-state index contributed by atoms with van der Waals surface area (Å²) in [6.45, 7) is 4.01. The molecule has 1 aliphatic carbocycles. The van der Waals surface area contributed by atoms with E-state index in [2.05, 4.69) is 65.9 Å². The summed E-state index contributed by atoms with van der Waals surface area (Å²) in [4.78, 5) is 54.0. The Labute approximate surface area is 300 Å². The maximum atomic E-state index is 12.6. The highest BCUT2D eigenvalue weighted by Crippen LogP contribution is 2.46. The Morgan fingerprint density at radius 3 is 2.50 bits per heavy atom. The van der Waals surface area contributed by atoms with Crippen molar-refractivity contribution in [3.8, 4) is 0 Å². The molecule has 3 amide bonds. The molecule has 1 saturated carbocycles. The van der Waals surface area contributed by atoms with E-state index in [1.54, 1.807) is 6.20 Å². The molecule has 3 aliphatic heterocycles. The number of imide groups is 1. The normalized spacial score (nSPS) is 23.2. The zero-order chi connectivity index (χ0) is 35.3. The summed E-state index contributed by atoms with van der Waals surface area (Å²) < 4.78 is 5.82. The number of hydrogen-bond donors (Lipinski definition) is 4. The number of primary amides is 1. The fourth-order valence-corrected chi connectivity index (χ4v) is 8.87. The summed E-state index contributed by atoms with van der Waals surface area (Å²) in [5.74, 6) is 0.430. The largest absolute Gasteiger partial charge is 0.364 e. The lowest BCUT2D eigenvalue weighted by atomic mass is 9.73. The second kappa shape index (κ2) is 13.4. The highest BCUT2D eigenvalue weighted by molar-refractivity contribution is 6.10. The number of anilines is 3. The first kappa shape index (κ1) is 32.6. The molecule has 5 aromatic rings. The van der Waals surface area contributed by atoms with Gasteiger partial charge in [0, 0.05) is 48.3 Å². The van der Waals surface area contributed by atoms with Gasteiger partial charge < -0.3 is 30.4 Å². The maximum absolute atomic E-state index is 12.6. The molecule has 1 atom stereocenters. The van der Waals surface area contributed by atoms with Crippen molar-refractivity contribution in [1.29, 1.82) is 0 Å². The van der Waals surface area contributed by atoms with Gasteiger partial charge in [-0.15, -0.1) is 0 Å². The first-order valence-electron chi connectivity index (χ1n) is 18.7. The predicted octanol–water partition coefficient (Wildman–Crippen LogP) is 5.58. The fourth-order valence-electron chi connectivity index (χ4n) is 8.87. The van der Waals surface area contributed by atoms with Crippen molar-refractivity contribution in [1.82, 2.24) is 30.3 Å². The second-order valence-corrected chi connectivity index (χ2v) is 14.9. The third kappa shape index (κ3) is 5.96. The van der Waals surface area contributed by atoms with Crippen LogP contribution in [0.15, 0.2) is 53.3 Å². The molecule has 4 fully saturated rings. The summed E-state index contributed by atoms with van der Waals surface area (Å²) in [7, 11) is 0. The smallest absolute Gasteiger partial charge is 0.271 e. The summed E-state index contributed by atoms with van der Waals surface area (Å²) in [6.07, 6.45) is 12.2. The lowest BCUT2D eigenvalue weighted by Crippen LogP contribution is -2.47. The van der Waals surface area contributed by atoms with E-state index in [0.29, 0.717) is 47.8 Å². The maximum Gasteiger partial charge on any atom is 0.271 e. The fraction of sp³-hybridized carbons (Fsp3) is 0.436. The molecule has 6 heterocycles. The zero-order valence-electron chi connectivity index (χ0n) is 29.1. The van der Waals surface area contributed by atoms with Crippen LogP contribution in [0.25, 0.3) is 21.9 Å². The van der Waals surface area contributed by atoms with E-state index in [-0.39, 0.29) is 17.5 Å². The number of nitrogens with two attached hydrogens (primary N) is 1. The van der Waals surface area contributed by atoms with E-state index in [0.717, 1.165) is 92.5 Å². The van der Waals surface area contributed by atoms with Crippen LogP contribution < -0.4 is 21.3 Å². The van der Waals surface area contributed by atoms with Crippen molar-refractivity contribution in [2.75, 3.05) is 36.4 Å². The van der Waals surface area contributed by atoms with Crippen molar-refractivity contribution in [3.05, 3.63) is 71.3 Å². The molecule has 52 heavy (non-hydrogen) atoms. The number of carbonyl (C=O) groups is 3. The number of aromatic nitrogens is 4. The van der Waals surface area contributed by atoms with E-state index in [1.165, 1.54) is 17.5 Å². The molecule has 0 bridgehead atoms. The van der Waals surface area contributed by atoms with Crippen molar-refractivity contribution in [2.24, 2.45) is 5.73 Å². The molecule has 3 saturated heterocycles. The number of nitrogens with zero attached hydrogens (tertiary/aromatic N) is 5. The predicted molar refractivity (Wildman–Crippen MR) is 197 cm³/mol. The Balaban J connectivity index is 0.824. The van der Waals surface area contributed by atoms with Crippen LogP contribution >= 0.6 is 0 Å². The molecular weight excluding hydrogens is 658 g/mol. The van der Waals surface area contributed by atoms with Crippen LogP contribution in [-0.2, 0) is 9.59 Å². The molecular formula is C39H43N9O4. The van der Waals surface area contributed by atoms with E-state index in [1.807, 2.05) is 12.3 Å². The Bertz CT molecular complexity index is 2160.